The number of benzene rings is 2. The van der Waals surface area contributed by atoms with Crippen LogP contribution in [0, 0.1) is 13.8 Å². The fourth-order valence-corrected chi connectivity index (χ4v) is 2.48. The Kier molecular flexibility index (Phi) is 5.95. The summed E-state index contributed by atoms with van der Waals surface area (Å²) in [5.41, 5.74) is 4.05. The number of nitrogens with one attached hydrogen (secondary N) is 1. The van der Waals surface area contributed by atoms with Crippen molar-refractivity contribution in [2.24, 2.45) is 5.16 Å². The van der Waals surface area contributed by atoms with Crippen LogP contribution < -0.4 is 10.1 Å². The third-order valence-corrected chi connectivity index (χ3v) is 3.49. The number of rotatable bonds is 6. The summed E-state index contributed by atoms with van der Waals surface area (Å²) in [6.45, 7) is 4.39. The lowest BCUT2D eigenvalue weighted by molar-refractivity contribution is -0.114. The molecule has 0 aromatic heterocycles. The minimum Gasteiger partial charge on any atom is -0.489 e. The number of amides is 1. The summed E-state index contributed by atoms with van der Waals surface area (Å²) >= 11 is 0. The normalized spacial score (nSPS) is 11.1. The second kappa shape index (κ2) is 8.15. The number of likely N-dealkylation sites (N-methyl/N-ethyl adjacent to an activating group) is 1. The van der Waals surface area contributed by atoms with Crippen LogP contribution in [0.15, 0.2) is 47.6 Å². The quantitative estimate of drug-likeness (QED) is 0.656. The van der Waals surface area contributed by atoms with Crippen LogP contribution in [0.2, 0.25) is 0 Å². The minimum atomic E-state index is -0.310. The topological polar surface area (TPSA) is 59.9 Å². The first-order valence-electron chi connectivity index (χ1n) is 7.67. The lowest BCUT2D eigenvalue weighted by Gasteiger charge is -2.13. The number of hydrogen-bond acceptors (Lipinski definition) is 4. The van der Waals surface area contributed by atoms with E-state index < -0.39 is 0 Å². The zero-order valence-electron chi connectivity index (χ0n) is 14.4. The third kappa shape index (κ3) is 4.35. The maximum atomic E-state index is 12.1. The largest absolute Gasteiger partial charge is 0.489 e. The molecule has 24 heavy (non-hydrogen) atoms. The van der Waals surface area contributed by atoms with E-state index in [1.165, 1.54) is 7.11 Å². The molecule has 0 aliphatic rings. The number of oxime groups is 1. The summed E-state index contributed by atoms with van der Waals surface area (Å²) in [6.07, 6.45) is 0. The van der Waals surface area contributed by atoms with Gasteiger partial charge >= 0.3 is 0 Å². The number of aryl methyl sites for hydroxylation is 2. The van der Waals surface area contributed by atoms with Crippen LogP contribution in [0.5, 0.6) is 5.75 Å². The van der Waals surface area contributed by atoms with E-state index in [0.29, 0.717) is 12.2 Å². The van der Waals surface area contributed by atoms with Crippen molar-refractivity contribution in [2.45, 2.75) is 20.5 Å². The molecule has 0 heterocycles. The average molecular weight is 326 g/mol. The Morgan fingerprint density at radius 1 is 1.12 bits per heavy atom. The molecule has 5 nitrogen and oxygen atoms in total. The summed E-state index contributed by atoms with van der Waals surface area (Å²) in [7, 11) is 2.97. The predicted octanol–water partition coefficient (Wildman–Crippen LogP) is 2.98. The molecule has 0 aliphatic heterocycles. The summed E-state index contributed by atoms with van der Waals surface area (Å²) < 4.78 is 5.91. The monoisotopic (exact) mass is 326 g/mol. The fraction of sp³-hybridized carbons (Fsp3) is 0.263. The molecular weight excluding hydrogens is 304 g/mol. The van der Waals surface area contributed by atoms with E-state index in [1.807, 2.05) is 50.2 Å². The number of carbonyl (C=O) groups is 1. The smallest absolute Gasteiger partial charge is 0.273 e. The molecule has 0 saturated carbocycles. The maximum Gasteiger partial charge on any atom is 0.273 e. The highest BCUT2D eigenvalue weighted by Crippen LogP contribution is 2.19. The molecule has 0 radical (unpaired) electrons. The Hall–Kier alpha value is -2.82. The minimum absolute atomic E-state index is 0.222. The van der Waals surface area contributed by atoms with Gasteiger partial charge in [-0.3, -0.25) is 4.79 Å². The van der Waals surface area contributed by atoms with Gasteiger partial charge in [0.15, 0.2) is 5.71 Å². The Bertz CT molecular complexity index is 734. The summed E-state index contributed by atoms with van der Waals surface area (Å²) in [6, 6.07) is 13.5. The van der Waals surface area contributed by atoms with Crippen LogP contribution in [0.3, 0.4) is 0 Å². The summed E-state index contributed by atoms with van der Waals surface area (Å²) in [4.78, 5) is 16.9. The molecule has 5 heteroatoms. The molecule has 0 spiro atoms. The number of hydrogen-bond donors (Lipinski definition) is 1. The molecule has 0 fully saturated rings. The fourth-order valence-electron chi connectivity index (χ4n) is 2.48. The second-order valence-corrected chi connectivity index (χ2v) is 5.47. The summed E-state index contributed by atoms with van der Waals surface area (Å²) in [5.74, 6) is 0.489. The number of carbonyl (C=O) groups excluding carboxylic acids is 1. The Morgan fingerprint density at radius 3 is 2.42 bits per heavy atom. The van der Waals surface area contributed by atoms with Gasteiger partial charge in [-0.2, -0.15) is 0 Å². The Morgan fingerprint density at radius 2 is 1.79 bits per heavy atom. The molecule has 1 amide bonds. The van der Waals surface area contributed by atoms with Gasteiger partial charge in [0.1, 0.15) is 19.5 Å². The highest BCUT2D eigenvalue weighted by molar-refractivity contribution is 6.45. The standard InChI is InChI=1S/C19H22N2O3/c1-13-9-14(2)11-16(10-13)24-12-15-7-5-6-8-17(15)18(21-23-4)19(22)20-3/h5-11H,12H2,1-4H3,(H,20,22)/b21-18-. The van der Waals surface area contributed by atoms with Crippen molar-refractivity contribution in [3.63, 3.8) is 0 Å². The van der Waals surface area contributed by atoms with Crippen LogP contribution in [0.1, 0.15) is 22.3 Å². The molecule has 2 aromatic carbocycles. The van der Waals surface area contributed by atoms with E-state index in [9.17, 15) is 4.79 Å². The summed E-state index contributed by atoms with van der Waals surface area (Å²) in [5, 5.41) is 6.43. The van der Waals surface area contributed by atoms with Crippen molar-refractivity contribution < 1.29 is 14.4 Å². The van der Waals surface area contributed by atoms with E-state index in [0.717, 1.165) is 22.4 Å². The first-order valence-corrected chi connectivity index (χ1v) is 7.67. The Labute approximate surface area is 142 Å². The Balaban J connectivity index is 2.28. The van der Waals surface area contributed by atoms with Gasteiger partial charge in [-0.25, -0.2) is 0 Å². The lowest BCUT2D eigenvalue weighted by Crippen LogP contribution is -2.29. The van der Waals surface area contributed by atoms with Crippen molar-refractivity contribution in [1.82, 2.24) is 5.32 Å². The van der Waals surface area contributed by atoms with Crippen LogP contribution in [0.25, 0.3) is 0 Å². The van der Waals surface area contributed by atoms with Gasteiger partial charge in [0, 0.05) is 12.6 Å². The zero-order chi connectivity index (χ0) is 17.5. The van der Waals surface area contributed by atoms with Gasteiger partial charge in [0.05, 0.1) is 0 Å². The van der Waals surface area contributed by atoms with Gasteiger partial charge in [0.25, 0.3) is 5.91 Å². The predicted molar refractivity (Wildman–Crippen MR) is 94.3 cm³/mol. The van der Waals surface area contributed by atoms with Gasteiger partial charge in [0.2, 0.25) is 0 Å². The molecule has 2 aromatic rings. The highest BCUT2D eigenvalue weighted by atomic mass is 16.6. The van der Waals surface area contributed by atoms with Crippen molar-refractivity contribution in [1.29, 1.82) is 0 Å². The van der Waals surface area contributed by atoms with E-state index in [-0.39, 0.29) is 11.6 Å². The van der Waals surface area contributed by atoms with E-state index >= 15 is 0 Å². The van der Waals surface area contributed by atoms with Gasteiger partial charge in [-0.15, -0.1) is 0 Å². The lowest BCUT2D eigenvalue weighted by atomic mass is 10.0. The van der Waals surface area contributed by atoms with E-state index in [1.54, 1.807) is 7.05 Å². The number of nitrogens with zero attached hydrogens (tertiary/aromatic N) is 1. The molecule has 0 atom stereocenters. The molecule has 0 saturated heterocycles. The molecule has 2 rings (SSSR count). The van der Waals surface area contributed by atoms with Gasteiger partial charge in [-0.1, -0.05) is 35.5 Å². The van der Waals surface area contributed by atoms with Crippen LogP contribution in [-0.2, 0) is 16.2 Å². The first-order chi connectivity index (χ1) is 11.5. The highest BCUT2D eigenvalue weighted by Gasteiger charge is 2.17. The van der Waals surface area contributed by atoms with Gasteiger partial charge in [-0.05, 0) is 42.7 Å². The SMILES string of the molecule is CNC(=O)/C(=N\OC)c1ccccc1COc1cc(C)cc(C)c1. The van der Waals surface area contributed by atoms with Crippen molar-refractivity contribution >= 4 is 11.6 Å². The van der Waals surface area contributed by atoms with Crippen LogP contribution in [0.4, 0.5) is 0 Å². The molecule has 126 valence electrons. The number of ether oxygens (including phenoxy) is 1. The molecular formula is C19H22N2O3. The average Bonchev–Trinajstić information content (AvgIpc) is 2.57. The third-order valence-electron chi connectivity index (χ3n) is 3.49. The second-order valence-electron chi connectivity index (χ2n) is 5.47. The van der Waals surface area contributed by atoms with Crippen LogP contribution >= 0.6 is 0 Å². The van der Waals surface area contributed by atoms with Crippen molar-refractivity contribution in [2.75, 3.05) is 14.2 Å². The van der Waals surface area contributed by atoms with Crippen LogP contribution in [-0.4, -0.2) is 25.8 Å². The van der Waals surface area contributed by atoms with Crippen molar-refractivity contribution in [3.05, 3.63) is 64.7 Å². The van der Waals surface area contributed by atoms with E-state index in [4.69, 9.17) is 9.57 Å². The van der Waals surface area contributed by atoms with Crippen molar-refractivity contribution in [3.8, 4) is 5.75 Å². The maximum absolute atomic E-state index is 12.1. The van der Waals surface area contributed by atoms with Gasteiger partial charge < -0.3 is 14.9 Å². The van der Waals surface area contributed by atoms with E-state index in [2.05, 4.69) is 16.5 Å². The zero-order valence-corrected chi connectivity index (χ0v) is 14.4. The molecule has 0 unspecified atom stereocenters. The first kappa shape index (κ1) is 17.5. The molecule has 0 aliphatic carbocycles. The molecule has 0 bridgehead atoms. The molecule has 1 N–H and O–H groups in total.